The molecule has 28 heavy (non-hydrogen) atoms. The van der Waals surface area contributed by atoms with E-state index in [2.05, 4.69) is 110 Å². The number of nitrogens with zero attached hydrogens (tertiary/aromatic N) is 2. The van der Waals surface area contributed by atoms with Crippen molar-refractivity contribution in [1.29, 1.82) is 0 Å². The van der Waals surface area contributed by atoms with Crippen LogP contribution in [-0.2, 0) is 19.5 Å². The van der Waals surface area contributed by atoms with Crippen LogP contribution in [0.3, 0.4) is 0 Å². The van der Waals surface area contributed by atoms with E-state index in [9.17, 15) is 0 Å². The van der Waals surface area contributed by atoms with E-state index in [1.54, 1.807) is 0 Å². The molecule has 146 valence electrons. The first-order valence-electron chi connectivity index (χ1n) is 10.3. The van der Waals surface area contributed by atoms with Gasteiger partial charge in [0.25, 0.3) is 0 Å². The Morgan fingerprint density at radius 2 is 1.25 bits per heavy atom. The van der Waals surface area contributed by atoms with Gasteiger partial charge in [0.15, 0.2) is 0 Å². The van der Waals surface area contributed by atoms with Crippen molar-refractivity contribution < 1.29 is 0 Å². The molecule has 0 heterocycles. The molecule has 3 aromatic rings. The second kappa shape index (κ2) is 10.1. The van der Waals surface area contributed by atoms with E-state index in [1.807, 2.05) is 0 Å². The molecule has 0 fully saturated rings. The van der Waals surface area contributed by atoms with Crippen molar-refractivity contribution in [3.63, 3.8) is 0 Å². The monoisotopic (exact) mass is 372 g/mol. The molecule has 0 radical (unpaired) electrons. The van der Waals surface area contributed by atoms with Crippen molar-refractivity contribution in [2.45, 2.75) is 33.4 Å². The smallest absolute Gasteiger partial charge is 0.0426 e. The molecule has 3 rings (SSSR count). The van der Waals surface area contributed by atoms with Gasteiger partial charge in [0, 0.05) is 38.9 Å². The summed E-state index contributed by atoms with van der Waals surface area (Å²) in [6.07, 6.45) is 1.07. The molecule has 0 aliphatic heterocycles. The number of anilines is 1. The van der Waals surface area contributed by atoms with Crippen molar-refractivity contribution in [1.82, 2.24) is 4.90 Å². The molecule has 0 aliphatic rings. The topological polar surface area (TPSA) is 6.48 Å². The van der Waals surface area contributed by atoms with Crippen LogP contribution in [-0.4, -0.2) is 25.0 Å². The minimum Gasteiger partial charge on any atom is -0.373 e. The van der Waals surface area contributed by atoms with Crippen LogP contribution in [0.2, 0.25) is 0 Å². The van der Waals surface area contributed by atoms with Crippen LogP contribution in [0.15, 0.2) is 78.9 Å². The maximum Gasteiger partial charge on any atom is 0.0426 e. The Labute approximate surface area is 170 Å². The summed E-state index contributed by atoms with van der Waals surface area (Å²) in [5.74, 6) is 0. The Morgan fingerprint density at radius 3 is 1.79 bits per heavy atom. The van der Waals surface area contributed by atoms with Gasteiger partial charge < -0.3 is 4.90 Å². The predicted molar refractivity (Wildman–Crippen MR) is 121 cm³/mol. The third kappa shape index (κ3) is 5.46. The fourth-order valence-electron chi connectivity index (χ4n) is 3.85. The van der Waals surface area contributed by atoms with Gasteiger partial charge in [-0.05, 0) is 35.6 Å². The summed E-state index contributed by atoms with van der Waals surface area (Å²) in [7, 11) is 2.23. The molecule has 0 atom stereocenters. The van der Waals surface area contributed by atoms with Crippen molar-refractivity contribution in [3.05, 3.63) is 101 Å². The summed E-state index contributed by atoms with van der Waals surface area (Å²) in [6.45, 7) is 8.44. The lowest BCUT2D eigenvalue weighted by Gasteiger charge is -2.29. The van der Waals surface area contributed by atoms with Crippen LogP contribution < -0.4 is 4.90 Å². The van der Waals surface area contributed by atoms with Crippen LogP contribution in [0.1, 0.15) is 29.2 Å². The van der Waals surface area contributed by atoms with Gasteiger partial charge in [-0.25, -0.2) is 0 Å². The van der Waals surface area contributed by atoms with Crippen LogP contribution in [0, 0.1) is 6.92 Å². The van der Waals surface area contributed by atoms with E-state index in [-0.39, 0.29) is 0 Å². The Balaban J connectivity index is 1.72. The summed E-state index contributed by atoms with van der Waals surface area (Å²) in [5.41, 5.74) is 6.92. The van der Waals surface area contributed by atoms with Crippen LogP contribution in [0.5, 0.6) is 0 Å². The van der Waals surface area contributed by atoms with E-state index in [0.717, 1.165) is 32.6 Å². The molecule has 2 nitrogen and oxygen atoms in total. The third-order valence-electron chi connectivity index (χ3n) is 5.33. The van der Waals surface area contributed by atoms with Gasteiger partial charge in [0.2, 0.25) is 0 Å². The number of rotatable bonds is 9. The fourth-order valence-corrected chi connectivity index (χ4v) is 3.85. The summed E-state index contributed by atoms with van der Waals surface area (Å²) in [6, 6.07) is 28.2. The molecule has 0 aliphatic carbocycles. The summed E-state index contributed by atoms with van der Waals surface area (Å²) < 4.78 is 0. The minimum atomic E-state index is 0.970. The highest BCUT2D eigenvalue weighted by molar-refractivity contribution is 5.58. The first-order chi connectivity index (χ1) is 13.7. The number of aryl methyl sites for hydroxylation is 2. The summed E-state index contributed by atoms with van der Waals surface area (Å²) >= 11 is 0. The molecule has 2 heteroatoms. The molecule has 0 saturated carbocycles. The van der Waals surface area contributed by atoms with Gasteiger partial charge >= 0.3 is 0 Å². The second-order valence-electron chi connectivity index (χ2n) is 7.54. The maximum absolute atomic E-state index is 2.55. The largest absolute Gasteiger partial charge is 0.373 e. The molecule has 0 bridgehead atoms. The van der Waals surface area contributed by atoms with E-state index < -0.39 is 0 Å². The maximum atomic E-state index is 2.55. The van der Waals surface area contributed by atoms with Gasteiger partial charge in [-0.3, -0.25) is 4.90 Å². The molecular weight excluding hydrogens is 340 g/mol. The number of hydrogen-bond acceptors (Lipinski definition) is 2. The van der Waals surface area contributed by atoms with Crippen molar-refractivity contribution in [2.75, 3.05) is 25.0 Å². The average Bonchev–Trinajstić information content (AvgIpc) is 2.73. The van der Waals surface area contributed by atoms with Crippen LogP contribution in [0.4, 0.5) is 5.69 Å². The first-order valence-corrected chi connectivity index (χ1v) is 10.3. The highest BCUT2D eigenvalue weighted by atomic mass is 15.2. The van der Waals surface area contributed by atoms with E-state index in [0.29, 0.717) is 0 Å². The lowest BCUT2D eigenvalue weighted by Crippen LogP contribution is -2.33. The normalized spacial score (nSPS) is 11.0. The molecule has 0 saturated heterocycles. The number of likely N-dealkylation sites (N-methyl/N-ethyl adjacent to an activating group) is 1. The molecule has 3 aromatic carbocycles. The number of para-hydroxylation sites is 1. The number of hydrogen-bond donors (Lipinski definition) is 0. The Hall–Kier alpha value is -2.58. The van der Waals surface area contributed by atoms with Gasteiger partial charge in [0.05, 0.1) is 0 Å². The predicted octanol–water partition coefficient (Wildman–Crippen LogP) is 5.70. The fraction of sp³-hybridized carbons (Fsp3) is 0.308. The molecule has 0 spiro atoms. The molecule has 0 amide bonds. The second-order valence-corrected chi connectivity index (χ2v) is 7.54. The Bertz CT molecular complexity index is 801. The van der Waals surface area contributed by atoms with Crippen molar-refractivity contribution in [2.24, 2.45) is 0 Å². The quantitative estimate of drug-likeness (QED) is 0.476. The summed E-state index contributed by atoms with van der Waals surface area (Å²) in [5, 5.41) is 0. The molecular formula is C26H32N2. The Kier molecular flexibility index (Phi) is 7.27. The van der Waals surface area contributed by atoms with Crippen LogP contribution in [0.25, 0.3) is 0 Å². The van der Waals surface area contributed by atoms with E-state index >= 15 is 0 Å². The van der Waals surface area contributed by atoms with Gasteiger partial charge in [0.1, 0.15) is 0 Å². The Morgan fingerprint density at radius 1 is 0.679 bits per heavy atom. The van der Waals surface area contributed by atoms with Gasteiger partial charge in [-0.1, -0.05) is 85.8 Å². The lowest BCUT2D eigenvalue weighted by atomic mass is 10.0. The highest BCUT2D eigenvalue weighted by Crippen LogP contribution is 2.24. The molecule has 0 aromatic heterocycles. The van der Waals surface area contributed by atoms with E-state index in [4.69, 9.17) is 0 Å². The summed E-state index contributed by atoms with van der Waals surface area (Å²) in [4.78, 5) is 4.97. The molecule has 0 N–H and O–H groups in total. The van der Waals surface area contributed by atoms with E-state index in [1.165, 1.54) is 27.9 Å². The van der Waals surface area contributed by atoms with Crippen LogP contribution >= 0.6 is 0 Å². The van der Waals surface area contributed by atoms with Gasteiger partial charge in [-0.15, -0.1) is 0 Å². The molecule has 0 unspecified atom stereocenters. The van der Waals surface area contributed by atoms with Crippen molar-refractivity contribution >= 4 is 5.69 Å². The van der Waals surface area contributed by atoms with Gasteiger partial charge in [-0.2, -0.15) is 0 Å². The lowest BCUT2D eigenvalue weighted by molar-refractivity contribution is 0.263. The zero-order valence-electron chi connectivity index (χ0n) is 17.4. The SMILES string of the molecule is CCc1cccc(C)c1N(C)CCN(Cc1ccccc1)Cc1ccccc1. The standard InChI is InChI=1S/C26H32N2/c1-4-25-17-11-12-22(2)26(25)27(3)18-19-28(20-23-13-7-5-8-14-23)21-24-15-9-6-10-16-24/h5-17H,4,18-21H2,1-3H3. The zero-order valence-corrected chi connectivity index (χ0v) is 17.4. The minimum absolute atomic E-state index is 0.970. The third-order valence-corrected chi connectivity index (χ3v) is 5.33. The number of benzene rings is 3. The highest BCUT2D eigenvalue weighted by Gasteiger charge is 2.12. The zero-order chi connectivity index (χ0) is 19.8. The average molecular weight is 373 g/mol. The van der Waals surface area contributed by atoms with Crippen molar-refractivity contribution in [3.8, 4) is 0 Å². The first kappa shape index (κ1) is 20.2.